The van der Waals surface area contributed by atoms with E-state index in [-0.39, 0.29) is 0 Å². The lowest BCUT2D eigenvalue weighted by Crippen LogP contribution is -2.19. The molecule has 2 fully saturated rings. The van der Waals surface area contributed by atoms with Crippen LogP contribution in [0.15, 0.2) is 12.1 Å². The van der Waals surface area contributed by atoms with Crippen molar-refractivity contribution in [2.45, 2.75) is 37.9 Å². The van der Waals surface area contributed by atoms with Crippen molar-refractivity contribution in [3.63, 3.8) is 0 Å². The Hall–Kier alpha value is -0.570. The standard InChI is InChI=1S/C15H20BrNO/c1-10-2-5-15(14(8-16)17-10)18-9-13-7-11-3-4-12(13)6-11/h2,5,11-13H,3-4,6-9H2,1H3. The monoisotopic (exact) mass is 309 g/mol. The minimum absolute atomic E-state index is 0.765. The fraction of sp³-hybridized carbons (Fsp3) is 0.667. The maximum absolute atomic E-state index is 6.03. The number of alkyl halides is 1. The van der Waals surface area contributed by atoms with Crippen LogP contribution in [0, 0.1) is 24.7 Å². The maximum Gasteiger partial charge on any atom is 0.141 e. The number of hydrogen-bond donors (Lipinski definition) is 0. The van der Waals surface area contributed by atoms with Gasteiger partial charge >= 0.3 is 0 Å². The van der Waals surface area contributed by atoms with Crippen molar-refractivity contribution in [1.82, 2.24) is 4.98 Å². The van der Waals surface area contributed by atoms with Gasteiger partial charge in [-0.15, -0.1) is 0 Å². The summed E-state index contributed by atoms with van der Waals surface area (Å²) in [7, 11) is 0. The van der Waals surface area contributed by atoms with E-state index in [0.717, 1.165) is 46.8 Å². The molecule has 98 valence electrons. The number of rotatable bonds is 4. The molecular weight excluding hydrogens is 290 g/mol. The molecule has 2 aliphatic carbocycles. The van der Waals surface area contributed by atoms with Gasteiger partial charge in [0.2, 0.25) is 0 Å². The zero-order chi connectivity index (χ0) is 12.5. The van der Waals surface area contributed by atoms with E-state index in [0.29, 0.717) is 0 Å². The topological polar surface area (TPSA) is 22.1 Å². The predicted octanol–water partition coefficient (Wildman–Crippen LogP) is 4.10. The van der Waals surface area contributed by atoms with E-state index in [9.17, 15) is 0 Å². The second kappa shape index (κ2) is 5.20. The van der Waals surface area contributed by atoms with E-state index in [4.69, 9.17) is 4.74 Å². The van der Waals surface area contributed by atoms with E-state index < -0.39 is 0 Å². The Morgan fingerprint density at radius 2 is 2.22 bits per heavy atom. The number of hydrogen-bond acceptors (Lipinski definition) is 2. The number of nitrogens with zero attached hydrogens (tertiary/aromatic N) is 1. The van der Waals surface area contributed by atoms with Crippen LogP contribution in [0.2, 0.25) is 0 Å². The molecule has 3 atom stereocenters. The van der Waals surface area contributed by atoms with Crippen LogP contribution in [-0.2, 0) is 5.33 Å². The van der Waals surface area contributed by atoms with E-state index in [1.165, 1.54) is 25.7 Å². The molecule has 0 N–H and O–H groups in total. The maximum atomic E-state index is 6.03. The molecule has 1 aromatic heterocycles. The van der Waals surface area contributed by atoms with Gasteiger partial charge in [-0.25, -0.2) is 0 Å². The number of pyridine rings is 1. The molecule has 18 heavy (non-hydrogen) atoms. The van der Waals surface area contributed by atoms with Crippen molar-refractivity contribution in [3.8, 4) is 5.75 Å². The molecule has 0 spiro atoms. The third-order valence-electron chi connectivity index (χ3n) is 4.54. The summed E-state index contributed by atoms with van der Waals surface area (Å²) in [6.45, 7) is 2.90. The number of halogens is 1. The molecule has 2 nitrogen and oxygen atoms in total. The SMILES string of the molecule is Cc1ccc(OCC2CC3CCC2C3)c(CBr)n1. The van der Waals surface area contributed by atoms with E-state index >= 15 is 0 Å². The van der Waals surface area contributed by atoms with Gasteiger partial charge in [0.05, 0.1) is 12.3 Å². The summed E-state index contributed by atoms with van der Waals surface area (Å²) in [5.41, 5.74) is 2.08. The van der Waals surface area contributed by atoms with Gasteiger partial charge in [0.15, 0.2) is 0 Å². The summed E-state index contributed by atoms with van der Waals surface area (Å²) in [6.07, 6.45) is 5.72. The van der Waals surface area contributed by atoms with Crippen LogP contribution in [-0.4, -0.2) is 11.6 Å². The van der Waals surface area contributed by atoms with Crippen LogP contribution in [0.3, 0.4) is 0 Å². The molecule has 0 aromatic carbocycles. The van der Waals surface area contributed by atoms with Crippen molar-refractivity contribution < 1.29 is 4.74 Å². The van der Waals surface area contributed by atoms with Gasteiger partial charge < -0.3 is 4.74 Å². The molecule has 2 aliphatic rings. The van der Waals surface area contributed by atoms with Gasteiger partial charge in [-0.2, -0.15) is 0 Å². The fourth-order valence-electron chi connectivity index (χ4n) is 3.60. The van der Waals surface area contributed by atoms with Crippen molar-refractivity contribution >= 4 is 15.9 Å². The first-order valence-electron chi connectivity index (χ1n) is 6.91. The molecule has 1 aromatic rings. The van der Waals surface area contributed by atoms with Gasteiger partial charge in [0, 0.05) is 11.0 Å². The predicted molar refractivity (Wildman–Crippen MR) is 76.0 cm³/mol. The molecule has 0 amide bonds. The van der Waals surface area contributed by atoms with Crippen LogP contribution >= 0.6 is 15.9 Å². The van der Waals surface area contributed by atoms with Crippen LogP contribution < -0.4 is 4.74 Å². The largest absolute Gasteiger partial charge is 0.491 e. The number of fused-ring (bicyclic) bond motifs is 2. The molecule has 1 heterocycles. The highest BCUT2D eigenvalue weighted by molar-refractivity contribution is 9.08. The Bertz CT molecular complexity index is 435. The zero-order valence-electron chi connectivity index (χ0n) is 10.9. The van der Waals surface area contributed by atoms with Crippen LogP contribution in [0.4, 0.5) is 0 Å². The van der Waals surface area contributed by atoms with Gasteiger partial charge in [-0.05, 0) is 56.1 Å². The second-order valence-electron chi connectivity index (χ2n) is 5.78. The molecule has 2 bridgehead atoms. The summed E-state index contributed by atoms with van der Waals surface area (Å²) in [5, 5.41) is 0.765. The number of aryl methyl sites for hydroxylation is 1. The Morgan fingerprint density at radius 3 is 2.89 bits per heavy atom. The lowest BCUT2D eigenvalue weighted by Gasteiger charge is -2.22. The fourth-order valence-corrected chi connectivity index (χ4v) is 4.00. The average Bonchev–Trinajstić information content (AvgIpc) is 2.99. The highest BCUT2D eigenvalue weighted by Crippen LogP contribution is 2.48. The third kappa shape index (κ3) is 2.42. The Kier molecular flexibility index (Phi) is 3.60. The summed E-state index contributed by atoms with van der Waals surface area (Å²) < 4.78 is 6.03. The molecular formula is C15H20BrNO. The second-order valence-corrected chi connectivity index (χ2v) is 6.34. The quantitative estimate of drug-likeness (QED) is 0.781. The Balaban J connectivity index is 1.63. The van der Waals surface area contributed by atoms with Crippen LogP contribution in [0.5, 0.6) is 5.75 Å². The van der Waals surface area contributed by atoms with Crippen molar-refractivity contribution in [2.24, 2.45) is 17.8 Å². The first-order valence-corrected chi connectivity index (χ1v) is 8.03. The zero-order valence-corrected chi connectivity index (χ0v) is 12.4. The average molecular weight is 310 g/mol. The molecule has 3 rings (SSSR count). The van der Waals surface area contributed by atoms with Gasteiger partial charge in [-0.1, -0.05) is 22.4 Å². The van der Waals surface area contributed by atoms with Crippen LogP contribution in [0.25, 0.3) is 0 Å². The molecule has 3 heteroatoms. The summed E-state index contributed by atoms with van der Waals surface area (Å²) in [5.74, 6) is 3.67. The highest BCUT2D eigenvalue weighted by Gasteiger charge is 2.39. The van der Waals surface area contributed by atoms with Crippen LogP contribution in [0.1, 0.15) is 37.1 Å². The van der Waals surface area contributed by atoms with E-state index in [2.05, 4.69) is 27.0 Å². The summed E-state index contributed by atoms with van der Waals surface area (Å²) >= 11 is 3.49. The Labute approximate surface area is 117 Å². The van der Waals surface area contributed by atoms with E-state index in [1.807, 2.05) is 13.0 Å². The van der Waals surface area contributed by atoms with E-state index in [1.54, 1.807) is 0 Å². The lowest BCUT2D eigenvalue weighted by molar-refractivity contribution is 0.193. The molecule has 0 radical (unpaired) electrons. The molecule has 3 unspecified atom stereocenters. The third-order valence-corrected chi connectivity index (χ3v) is 5.07. The smallest absolute Gasteiger partial charge is 0.141 e. The van der Waals surface area contributed by atoms with Crippen molar-refractivity contribution in [1.29, 1.82) is 0 Å². The summed E-state index contributed by atoms with van der Waals surface area (Å²) in [4.78, 5) is 4.51. The molecule has 0 aliphatic heterocycles. The first kappa shape index (κ1) is 12.5. The molecule has 0 saturated heterocycles. The Morgan fingerprint density at radius 1 is 1.33 bits per heavy atom. The summed E-state index contributed by atoms with van der Waals surface area (Å²) in [6, 6.07) is 4.09. The van der Waals surface area contributed by atoms with Crippen molar-refractivity contribution in [3.05, 3.63) is 23.5 Å². The van der Waals surface area contributed by atoms with Gasteiger partial charge in [0.25, 0.3) is 0 Å². The van der Waals surface area contributed by atoms with Gasteiger partial charge in [-0.3, -0.25) is 4.98 Å². The normalized spacial score (nSPS) is 29.8. The highest BCUT2D eigenvalue weighted by atomic mass is 79.9. The molecule has 2 saturated carbocycles. The lowest BCUT2D eigenvalue weighted by atomic mass is 9.89. The minimum atomic E-state index is 0.765. The van der Waals surface area contributed by atoms with Crippen molar-refractivity contribution in [2.75, 3.05) is 6.61 Å². The number of aromatic nitrogens is 1. The number of ether oxygens (including phenoxy) is 1. The van der Waals surface area contributed by atoms with Gasteiger partial charge in [0.1, 0.15) is 5.75 Å². The first-order chi connectivity index (χ1) is 8.76. The minimum Gasteiger partial charge on any atom is -0.491 e.